The van der Waals surface area contributed by atoms with Gasteiger partial charge in [-0.05, 0) is 37.1 Å². The van der Waals surface area contributed by atoms with Gasteiger partial charge in [-0.2, -0.15) is 0 Å². The van der Waals surface area contributed by atoms with Gasteiger partial charge in [0.05, 0.1) is 5.69 Å². The van der Waals surface area contributed by atoms with Gasteiger partial charge in [-0.25, -0.2) is 9.97 Å². The second-order valence-electron chi connectivity index (χ2n) is 5.63. The highest BCUT2D eigenvalue weighted by Crippen LogP contribution is 2.30. The number of rotatable bonds is 2. The van der Waals surface area contributed by atoms with E-state index in [4.69, 9.17) is 4.42 Å². The zero-order chi connectivity index (χ0) is 16.0. The SMILES string of the molecule is Cc1nc2c(-c3nccn3-c3c(C)cncc3C)cccc2o1. The first kappa shape index (κ1) is 13.7. The van der Waals surface area contributed by atoms with E-state index < -0.39 is 0 Å². The fraction of sp³-hybridized carbons (Fsp3) is 0.167. The van der Waals surface area contributed by atoms with Crippen molar-refractivity contribution in [3.63, 3.8) is 0 Å². The van der Waals surface area contributed by atoms with E-state index in [2.05, 4.69) is 33.4 Å². The predicted octanol–water partition coefficient (Wildman–Crippen LogP) is 4.00. The lowest BCUT2D eigenvalue weighted by atomic mass is 10.1. The summed E-state index contributed by atoms with van der Waals surface area (Å²) < 4.78 is 7.73. The number of fused-ring (bicyclic) bond motifs is 1. The number of aryl methyl sites for hydroxylation is 3. The molecule has 3 heterocycles. The van der Waals surface area contributed by atoms with Gasteiger partial charge in [0, 0.05) is 37.3 Å². The minimum atomic E-state index is 0.654. The molecule has 0 fully saturated rings. The first-order chi connectivity index (χ1) is 11.1. The number of benzene rings is 1. The molecule has 0 spiro atoms. The molecule has 0 radical (unpaired) electrons. The number of para-hydroxylation sites is 1. The van der Waals surface area contributed by atoms with Gasteiger partial charge in [0.25, 0.3) is 0 Å². The molecule has 5 heteroatoms. The van der Waals surface area contributed by atoms with Crippen molar-refractivity contribution in [2.75, 3.05) is 0 Å². The molecule has 4 rings (SSSR count). The summed E-state index contributed by atoms with van der Waals surface area (Å²) in [6.45, 7) is 5.97. The zero-order valence-corrected chi connectivity index (χ0v) is 13.2. The fourth-order valence-corrected chi connectivity index (χ4v) is 3.00. The van der Waals surface area contributed by atoms with Crippen LogP contribution in [0, 0.1) is 20.8 Å². The Morgan fingerprint density at radius 1 is 1.04 bits per heavy atom. The molecule has 1 aromatic carbocycles. The molecule has 5 nitrogen and oxygen atoms in total. The Kier molecular flexibility index (Phi) is 3.01. The van der Waals surface area contributed by atoms with Crippen LogP contribution < -0.4 is 0 Å². The molecule has 0 amide bonds. The number of pyridine rings is 1. The monoisotopic (exact) mass is 304 g/mol. The van der Waals surface area contributed by atoms with E-state index in [-0.39, 0.29) is 0 Å². The highest BCUT2D eigenvalue weighted by molar-refractivity contribution is 5.89. The third-order valence-electron chi connectivity index (χ3n) is 3.93. The molecule has 0 aliphatic heterocycles. The molecule has 0 unspecified atom stereocenters. The summed E-state index contributed by atoms with van der Waals surface area (Å²) in [7, 11) is 0. The standard InChI is InChI=1S/C18H16N4O/c1-11-9-19-10-12(2)17(11)22-8-7-20-18(22)14-5-4-6-15-16(14)21-13(3)23-15/h4-10H,1-3H3. The molecule has 0 atom stereocenters. The smallest absolute Gasteiger partial charge is 0.192 e. The molecule has 4 aromatic rings. The van der Waals surface area contributed by atoms with Crippen LogP contribution in [0.15, 0.2) is 47.4 Å². The molecule has 3 aromatic heterocycles. The van der Waals surface area contributed by atoms with Gasteiger partial charge in [-0.15, -0.1) is 0 Å². The largest absolute Gasteiger partial charge is 0.441 e. The van der Waals surface area contributed by atoms with Crippen LogP contribution >= 0.6 is 0 Å². The number of imidazole rings is 1. The minimum absolute atomic E-state index is 0.654. The van der Waals surface area contributed by atoms with Crippen LogP contribution in [0.2, 0.25) is 0 Å². The summed E-state index contributed by atoms with van der Waals surface area (Å²) in [4.78, 5) is 13.3. The number of nitrogens with zero attached hydrogens (tertiary/aromatic N) is 4. The van der Waals surface area contributed by atoms with Crippen molar-refractivity contribution in [2.24, 2.45) is 0 Å². The first-order valence-corrected chi connectivity index (χ1v) is 7.46. The Bertz CT molecular complexity index is 993. The average molecular weight is 304 g/mol. The van der Waals surface area contributed by atoms with Crippen LogP contribution in [0.4, 0.5) is 0 Å². The summed E-state index contributed by atoms with van der Waals surface area (Å²) in [5.74, 6) is 1.50. The van der Waals surface area contributed by atoms with E-state index in [1.54, 1.807) is 6.20 Å². The van der Waals surface area contributed by atoms with Crippen molar-refractivity contribution < 1.29 is 4.42 Å². The van der Waals surface area contributed by atoms with Gasteiger partial charge >= 0.3 is 0 Å². The maximum Gasteiger partial charge on any atom is 0.192 e. The molecular weight excluding hydrogens is 288 g/mol. The minimum Gasteiger partial charge on any atom is -0.441 e. The van der Waals surface area contributed by atoms with Crippen LogP contribution in [0.5, 0.6) is 0 Å². The van der Waals surface area contributed by atoms with E-state index in [0.29, 0.717) is 5.89 Å². The molecule has 0 saturated heterocycles. The normalized spacial score (nSPS) is 11.3. The van der Waals surface area contributed by atoms with Crippen LogP contribution in [-0.2, 0) is 0 Å². The maximum absolute atomic E-state index is 5.64. The molecule has 0 saturated carbocycles. The van der Waals surface area contributed by atoms with Crippen molar-refractivity contribution in [1.82, 2.24) is 19.5 Å². The Balaban J connectivity index is 2.00. The van der Waals surface area contributed by atoms with Crippen molar-refractivity contribution in [3.8, 4) is 17.1 Å². The van der Waals surface area contributed by atoms with Crippen LogP contribution in [0.1, 0.15) is 17.0 Å². The Morgan fingerprint density at radius 3 is 2.61 bits per heavy atom. The molecule has 0 aliphatic carbocycles. The second-order valence-corrected chi connectivity index (χ2v) is 5.63. The Morgan fingerprint density at radius 2 is 1.83 bits per heavy atom. The van der Waals surface area contributed by atoms with Crippen molar-refractivity contribution in [3.05, 3.63) is 60.0 Å². The number of hydrogen-bond acceptors (Lipinski definition) is 4. The van der Waals surface area contributed by atoms with Gasteiger partial charge in [0.15, 0.2) is 11.5 Å². The summed E-state index contributed by atoms with van der Waals surface area (Å²) in [5, 5.41) is 0. The number of hydrogen-bond donors (Lipinski definition) is 0. The Labute approximate surface area is 133 Å². The number of oxazole rings is 1. The lowest BCUT2D eigenvalue weighted by Gasteiger charge is -2.13. The van der Waals surface area contributed by atoms with E-state index >= 15 is 0 Å². The highest BCUT2D eigenvalue weighted by atomic mass is 16.3. The third kappa shape index (κ3) is 2.12. The summed E-state index contributed by atoms with van der Waals surface area (Å²) in [6.07, 6.45) is 7.51. The van der Waals surface area contributed by atoms with Gasteiger partial charge in [-0.3, -0.25) is 9.55 Å². The van der Waals surface area contributed by atoms with Crippen LogP contribution in [0.3, 0.4) is 0 Å². The molecular formula is C18H16N4O. The third-order valence-corrected chi connectivity index (χ3v) is 3.93. The summed E-state index contributed by atoms with van der Waals surface area (Å²) >= 11 is 0. The van der Waals surface area contributed by atoms with Gasteiger partial charge in [0.2, 0.25) is 0 Å². The lowest BCUT2D eigenvalue weighted by molar-refractivity contribution is 0.561. The van der Waals surface area contributed by atoms with Crippen molar-refractivity contribution in [2.45, 2.75) is 20.8 Å². The van der Waals surface area contributed by atoms with Crippen molar-refractivity contribution >= 4 is 11.1 Å². The number of aromatic nitrogens is 4. The van der Waals surface area contributed by atoms with E-state index in [1.165, 1.54) is 0 Å². The molecule has 0 aliphatic rings. The van der Waals surface area contributed by atoms with Crippen molar-refractivity contribution in [1.29, 1.82) is 0 Å². The van der Waals surface area contributed by atoms with Gasteiger partial charge < -0.3 is 4.42 Å². The summed E-state index contributed by atoms with van der Waals surface area (Å²) in [5.41, 5.74) is 5.88. The molecule has 0 bridgehead atoms. The van der Waals surface area contributed by atoms with Crippen LogP contribution in [0.25, 0.3) is 28.2 Å². The maximum atomic E-state index is 5.64. The Hall–Kier alpha value is -2.95. The van der Waals surface area contributed by atoms with Gasteiger partial charge in [-0.1, -0.05) is 6.07 Å². The molecule has 114 valence electrons. The van der Waals surface area contributed by atoms with E-state index in [9.17, 15) is 0 Å². The van der Waals surface area contributed by atoms with E-state index in [0.717, 1.165) is 39.3 Å². The summed E-state index contributed by atoms with van der Waals surface area (Å²) in [6, 6.07) is 5.91. The second kappa shape index (κ2) is 5.05. The fourth-order valence-electron chi connectivity index (χ4n) is 3.00. The average Bonchev–Trinajstić information content (AvgIpc) is 3.12. The first-order valence-electron chi connectivity index (χ1n) is 7.46. The topological polar surface area (TPSA) is 56.7 Å². The van der Waals surface area contributed by atoms with Crippen LogP contribution in [-0.4, -0.2) is 19.5 Å². The zero-order valence-electron chi connectivity index (χ0n) is 13.2. The molecule has 23 heavy (non-hydrogen) atoms. The van der Waals surface area contributed by atoms with E-state index in [1.807, 2.05) is 43.7 Å². The highest BCUT2D eigenvalue weighted by Gasteiger charge is 2.16. The molecule has 0 N–H and O–H groups in total. The van der Waals surface area contributed by atoms with Gasteiger partial charge in [0.1, 0.15) is 11.3 Å². The lowest BCUT2D eigenvalue weighted by Crippen LogP contribution is -2.02. The predicted molar refractivity (Wildman–Crippen MR) is 88.6 cm³/mol. The quantitative estimate of drug-likeness (QED) is 0.561.